The van der Waals surface area contributed by atoms with Crippen molar-refractivity contribution in [3.05, 3.63) is 58.1 Å². The number of nitro benzene ring substituents is 1. The van der Waals surface area contributed by atoms with Gasteiger partial charge in [-0.15, -0.1) is 11.8 Å². The lowest BCUT2D eigenvalue weighted by Gasteiger charge is -2.09. The first-order valence-electron chi connectivity index (χ1n) is 8.96. The van der Waals surface area contributed by atoms with E-state index in [0.717, 1.165) is 29.0 Å². The van der Waals surface area contributed by atoms with Gasteiger partial charge in [-0.25, -0.2) is 0 Å². The zero-order chi connectivity index (χ0) is 20.5. The van der Waals surface area contributed by atoms with Gasteiger partial charge in [-0.05, 0) is 43.2 Å². The summed E-state index contributed by atoms with van der Waals surface area (Å²) in [4.78, 5) is 35.2. The maximum absolute atomic E-state index is 12.2. The third-order valence-electron chi connectivity index (χ3n) is 3.97. The fraction of sp³-hybridized carbons (Fsp3) is 0.300. The van der Waals surface area contributed by atoms with Gasteiger partial charge in [-0.1, -0.05) is 19.4 Å². The SMILES string of the molecule is CCCCC(=O)Nc1ccc(SCC(=O)Nc2cc([N+](=O)[O-])ccc2C)cc1. The number of aryl methyl sites for hydroxylation is 1. The summed E-state index contributed by atoms with van der Waals surface area (Å²) in [5.74, 6) is -0.0795. The topological polar surface area (TPSA) is 101 Å². The molecule has 0 bridgehead atoms. The van der Waals surface area contributed by atoms with Crippen LogP contribution in [-0.2, 0) is 9.59 Å². The number of nitrogens with zero attached hydrogens (tertiary/aromatic N) is 1. The molecule has 7 nitrogen and oxygen atoms in total. The normalized spacial score (nSPS) is 10.4. The zero-order valence-electron chi connectivity index (χ0n) is 15.9. The fourth-order valence-electron chi connectivity index (χ4n) is 2.39. The molecular weight excluding hydrogens is 378 g/mol. The molecular formula is C20H23N3O4S. The Kier molecular flexibility index (Phi) is 8.01. The van der Waals surface area contributed by atoms with Crippen LogP contribution in [0.4, 0.5) is 17.1 Å². The van der Waals surface area contributed by atoms with Crippen molar-refractivity contribution in [1.29, 1.82) is 0 Å². The van der Waals surface area contributed by atoms with Crippen molar-refractivity contribution < 1.29 is 14.5 Å². The second kappa shape index (κ2) is 10.5. The Morgan fingerprint density at radius 3 is 2.43 bits per heavy atom. The Labute approximate surface area is 168 Å². The third-order valence-corrected chi connectivity index (χ3v) is 4.98. The standard InChI is InChI=1S/C20H23N3O4S/c1-3-4-5-19(24)21-15-7-10-17(11-8-15)28-13-20(25)22-18-12-16(23(26)27)9-6-14(18)2/h6-12H,3-5,13H2,1-2H3,(H,21,24)(H,22,25). The first kappa shape index (κ1) is 21.4. The number of hydrogen-bond donors (Lipinski definition) is 2. The predicted octanol–water partition coefficient (Wildman–Crippen LogP) is 4.76. The highest BCUT2D eigenvalue weighted by molar-refractivity contribution is 8.00. The molecule has 0 heterocycles. The van der Waals surface area contributed by atoms with Gasteiger partial charge in [0.1, 0.15) is 0 Å². The van der Waals surface area contributed by atoms with Crippen LogP contribution in [0, 0.1) is 17.0 Å². The van der Waals surface area contributed by atoms with Crippen molar-refractivity contribution in [3.63, 3.8) is 0 Å². The Bertz CT molecular complexity index is 853. The number of carbonyl (C=O) groups is 2. The van der Waals surface area contributed by atoms with E-state index in [1.807, 2.05) is 19.1 Å². The van der Waals surface area contributed by atoms with Crippen LogP contribution in [0.2, 0.25) is 0 Å². The lowest BCUT2D eigenvalue weighted by atomic mass is 10.2. The summed E-state index contributed by atoms with van der Waals surface area (Å²) in [6.07, 6.45) is 2.34. The maximum Gasteiger partial charge on any atom is 0.271 e. The van der Waals surface area contributed by atoms with E-state index >= 15 is 0 Å². The van der Waals surface area contributed by atoms with E-state index in [1.54, 1.807) is 25.1 Å². The number of carbonyl (C=O) groups excluding carboxylic acids is 2. The molecule has 2 amide bonds. The van der Waals surface area contributed by atoms with Crippen molar-refractivity contribution >= 4 is 40.6 Å². The summed E-state index contributed by atoms with van der Waals surface area (Å²) in [5, 5.41) is 16.4. The maximum atomic E-state index is 12.2. The van der Waals surface area contributed by atoms with Gasteiger partial charge in [-0.2, -0.15) is 0 Å². The van der Waals surface area contributed by atoms with E-state index in [1.165, 1.54) is 23.9 Å². The Morgan fingerprint density at radius 1 is 1.07 bits per heavy atom. The molecule has 0 unspecified atom stereocenters. The number of anilines is 2. The van der Waals surface area contributed by atoms with Crippen molar-refractivity contribution in [2.75, 3.05) is 16.4 Å². The highest BCUT2D eigenvalue weighted by atomic mass is 32.2. The minimum Gasteiger partial charge on any atom is -0.326 e. The number of non-ortho nitro benzene ring substituents is 1. The van der Waals surface area contributed by atoms with Crippen LogP contribution >= 0.6 is 11.8 Å². The molecule has 2 rings (SSSR count). The summed E-state index contributed by atoms with van der Waals surface area (Å²) in [7, 11) is 0. The summed E-state index contributed by atoms with van der Waals surface area (Å²) in [5.41, 5.74) is 1.85. The molecule has 0 fully saturated rings. The third kappa shape index (κ3) is 6.70. The lowest BCUT2D eigenvalue weighted by molar-refractivity contribution is -0.384. The minimum atomic E-state index is -0.494. The van der Waals surface area contributed by atoms with Crippen LogP contribution in [0.25, 0.3) is 0 Å². The highest BCUT2D eigenvalue weighted by Gasteiger charge is 2.11. The molecule has 2 aromatic rings. The number of amides is 2. The van der Waals surface area contributed by atoms with E-state index in [9.17, 15) is 19.7 Å². The Hall–Kier alpha value is -2.87. The first-order valence-corrected chi connectivity index (χ1v) is 9.95. The molecule has 2 aromatic carbocycles. The van der Waals surface area contributed by atoms with Gasteiger partial charge < -0.3 is 10.6 Å². The summed E-state index contributed by atoms with van der Waals surface area (Å²) in [6, 6.07) is 11.6. The Balaban J connectivity index is 1.87. The second-order valence-electron chi connectivity index (χ2n) is 6.27. The summed E-state index contributed by atoms with van der Waals surface area (Å²) >= 11 is 1.35. The van der Waals surface area contributed by atoms with Gasteiger partial charge in [0, 0.05) is 29.1 Å². The van der Waals surface area contributed by atoms with Gasteiger partial charge in [0.15, 0.2) is 0 Å². The van der Waals surface area contributed by atoms with Crippen LogP contribution in [0.15, 0.2) is 47.4 Å². The molecule has 148 valence electrons. The molecule has 0 radical (unpaired) electrons. The number of nitro groups is 1. The van der Waals surface area contributed by atoms with Crippen LogP contribution < -0.4 is 10.6 Å². The van der Waals surface area contributed by atoms with Crippen molar-refractivity contribution in [2.45, 2.75) is 38.0 Å². The number of nitrogens with one attached hydrogen (secondary N) is 2. The molecule has 0 aliphatic rings. The summed E-state index contributed by atoms with van der Waals surface area (Å²) in [6.45, 7) is 3.82. The molecule has 8 heteroatoms. The van der Waals surface area contributed by atoms with E-state index in [2.05, 4.69) is 10.6 Å². The van der Waals surface area contributed by atoms with Crippen LogP contribution in [0.5, 0.6) is 0 Å². The molecule has 0 aliphatic heterocycles. The average molecular weight is 401 g/mol. The van der Waals surface area contributed by atoms with Crippen molar-refractivity contribution in [1.82, 2.24) is 0 Å². The van der Waals surface area contributed by atoms with Crippen LogP contribution in [-0.4, -0.2) is 22.5 Å². The molecule has 28 heavy (non-hydrogen) atoms. The van der Waals surface area contributed by atoms with Gasteiger partial charge in [0.05, 0.1) is 16.4 Å². The number of rotatable bonds is 9. The monoisotopic (exact) mass is 401 g/mol. The molecule has 0 saturated heterocycles. The van der Waals surface area contributed by atoms with Crippen molar-refractivity contribution in [3.8, 4) is 0 Å². The number of unbranched alkanes of at least 4 members (excludes halogenated alkanes) is 1. The predicted molar refractivity (Wildman–Crippen MR) is 112 cm³/mol. The van der Waals surface area contributed by atoms with Gasteiger partial charge in [0.25, 0.3) is 5.69 Å². The van der Waals surface area contributed by atoms with Gasteiger partial charge >= 0.3 is 0 Å². The smallest absolute Gasteiger partial charge is 0.271 e. The molecule has 2 N–H and O–H groups in total. The lowest BCUT2D eigenvalue weighted by Crippen LogP contribution is -2.15. The van der Waals surface area contributed by atoms with E-state index in [4.69, 9.17) is 0 Å². The molecule has 0 aromatic heterocycles. The first-order chi connectivity index (χ1) is 13.4. The fourth-order valence-corrected chi connectivity index (χ4v) is 3.09. The number of hydrogen-bond acceptors (Lipinski definition) is 5. The quantitative estimate of drug-likeness (QED) is 0.358. The minimum absolute atomic E-state index is 0.00560. The number of thioether (sulfide) groups is 1. The molecule has 0 spiro atoms. The van der Waals surface area contributed by atoms with E-state index in [-0.39, 0.29) is 23.3 Å². The van der Waals surface area contributed by atoms with Gasteiger partial charge in [0.2, 0.25) is 11.8 Å². The van der Waals surface area contributed by atoms with E-state index < -0.39 is 4.92 Å². The summed E-state index contributed by atoms with van der Waals surface area (Å²) < 4.78 is 0. The highest BCUT2D eigenvalue weighted by Crippen LogP contribution is 2.24. The molecule has 0 atom stereocenters. The Morgan fingerprint density at radius 2 is 1.79 bits per heavy atom. The zero-order valence-corrected chi connectivity index (χ0v) is 16.7. The largest absolute Gasteiger partial charge is 0.326 e. The number of benzene rings is 2. The van der Waals surface area contributed by atoms with E-state index in [0.29, 0.717) is 12.1 Å². The van der Waals surface area contributed by atoms with Crippen LogP contribution in [0.3, 0.4) is 0 Å². The molecule has 0 saturated carbocycles. The van der Waals surface area contributed by atoms with Crippen LogP contribution in [0.1, 0.15) is 31.7 Å². The average Bonchev–Trinajstić information content (AvgIpc) is 2.67. The molecule has 0 aliphatic carbocycles. The van der Waals surface area contributed by atoms with Gasteiger partial charge in [-0.3, -0.25) is 19.7 Å². The van der Waals surface area contributed by atoms with Crippen molar-refractivity contribution in [2.24, 2.45) is 0 Å². The second-order valence-corrected chi connectivity index (χ2v) is 7.32.